The van der Waals surface area contributed by atoms with Crippen molar-refractivity contribution in [3.63, 3.8) is 0 Å². The molecule has 22 heavy (non-hydrogen) atoms. The summed E-state index contributed by atoms with van der Waals surface area (Å²) < 4.78 is 0. The summed E-state index contributed by atoms with van der Waals surface area (Å²) >= 11 is 0. The molecule has 1 saturated heterocycles. The summed E-state index contributed by atoms with van der Waals surface area (Å²) in [6.45, 7) is 5.59. The predicted octanol–water partition coefficient (Wildman–Crippen LogP) is 2.48. The molecule has 1 aliphatic rings. The van der Waals surface area contributed by atoms with Gasteiger partial charge in [-0.2, -0.15) is 0 Å². The third-order valence-corrected chi connectivity index (χ3v) is 3.91. The van der Waals surface area contributed by atoms with E-state index in [1.165, 1.54) is 24.3 Å². The fourth-order valence-corrected chi connectivity index (χ4v) is 2.60. The largest absolute Gasteiger partial charge is 0.339 e. The topological polar surface area (TPSA) is 75.5 Å². The van der Waals surface area contributed by atoms with Crippen LogP contribution in [-0.2, 0) is 0 Å². The Kier molecular flexibility index (Phi) is 7.27. The molecule has 122 valence electrons. The summed E-state index contributed by atoms with van der Waals surface area (Å²) in [5, 5.41) is 14.0. The summed E-state index contributed by atoms with van der Waals surface area (Å²) in [6, 6.07) is 5.83. The van der Waals surface area contributed by atoms with Crippen LogP contribution < -0.4 is 5.32 Å². The SMILES string of the molecule is CCNCC1CCN(C(=O)c2ccc([N+](=O)[O-])cc2)CC1.Cl. The molecule has 0 saturated carbocycles. The first-order chi connectivity index (χ1) is 10.1. The van der Waals surface area contributed by atoms with E-state index in [0.717, 1.165) is 39.0 Å². The zero-order valence-corrected chi connectivity index (χ0v) is 13.5. The number of piperidine rings is 1. The third kappa shape index (κ3) is 4.68. The maximum absolute atomic E-state index is 12.3. The second-order valence-electron chi connectivity index (χ2n) is 5.35. The van der Waals surface area contributed by atoms with Gasteiger partial charge in [0.25, 0.3) is 11.6 Å². The maximum Gasteiger partial charge on any atom is 0.269 e. The summed E-state index contributed by atoms with van der Waals surface area (Å²) in [5.41, 5.74) is 0.529. The van der Waals surface area contributed by atoms with Crippen LogP contribution in [0.5, 0.6) is 0 Å². The van der Waals surface area contributed by atoms with Gasteiger partial charge in [-0.3, -0.25) is 14.9 Å². The van der Waals surface area contributed by atoms with Gasteiger partial charge < -0.3 is 10.2 Å². The Bertz CT molecular complexity index is 499. The summed E-state index contributed by atoms with van der Waals surface area (Å²) in [5.74, 6) is 0.595. The molecule has 0 bridgehead atoms. The van der Waals surface area contributed by atoms with Crippen molar-refractivity contribution in [2.45, 2.75) is 19.8 Å². The van der Waals surface area contributed by atoms with Gasteiger partial charge in [0.05, 0.1) is 4.92 Å². The Balaban J connectivity index is 0.00000242. The fourth-order valence-electron chi connectivity index (χ4n) is 2.60. The van der Waals surface area contributed by atoms with Crippen LogP contribution in [0.3, 0.4) is 0 Å². The van der Waals surface area contributed by atoms with Crippen LogP contribution in [0.15, 0.2) is 24.3 Å². The van der Waals surface area contributed by atoms with E-state index in [1.807, 2.05) is 4.90 Å². The van der Waals surface area contributed by atoms with Gasteiger partial charge in [-0.1, -0.05) is 6.92 Å². The van der Waals surface area contributed by atoms with Gasteiger partial charge in [0, 0.05) is 30.8 Å². The maximum atomic E-state index is 12.3. The van der Waals surface area contributed by atoms with Crippen LogP contribution in [0.2, 0.25) is 0 Å². The molecule has 1 aromatic carbocycles. The summed E-state index contributed by atoms with van der Waals surface area (Å²) in [6.07, 6.45) is 2.01. The molecule has 6 nitrogen and oxygen atoms in total. The van der Waals surface area contributed by atoms with Gasteiger partial charge in [0.15, 0.2) is 0 Å². The third-order valence-electron chi connectivity index (χ3n) is 3.91. The van der Waals surface area contributed by atoms with Crippen molar-refractivity contribution in [3.05, 3.63) is 39.9 Å². The van der Waals surface area contributed by atoms with Crippen LogP contribution in [0.1, 0.15) is 30.1 Å². The average molecular weight is 328 g/mol. The Morgan fingerprint density at radius 3 is 2.41 bits per heavy atom. The highest BCUT2D eigenvalue weighted by molar-refractivity contribution is 5.94. The lowest BCUT2D eigenvalue weighted by molar-refractivity contribution is -0.384. The van der Waals surface area contributed by atoms with E-state index in [9.17, 15) is 14.9 Å². The number of hydrogen-bond acceptors (Lipinski definition) is 4. The molecule has 1 fully saturated rings. The fraction of sp³-hybridized carbons (Fsp3) is 0.533. The molecule has 0 unspecified atom stereocenters. The number of amides is 1. The first-order valence-corrected chi connectivity index (χ1v) is 7.36. The van der Waals surface area contributed by atoms with Crippen LogP contribution >= 0.6 is 12.4 Å². The number of carbonyl (C=O) groups excluding carboxylic acids is 1. The van der Waals surface area contributed by atoms with Crippen molar-refractivity contribution in [2.24, 2.45) is 5.92 Å². The van der Waals surface area contributed by atoms with Gasteiger partial charge in [-0.15, -0.1) is 12.4 Å². The lowest BCUT2D eigenvalue weighted by atomic mass is 9.96. The Morgan fingerprint density at radius 1 is 1.32 bits per heavy atom. The summed E-state index contributed by atoms with van der Waals surface area (Å²) in [7, 11) is 0. The number of carbonyl (C=O) groups is 1. The standard InChI is InChI=1S/C15H21N3O3.ClH/c1-2-16-11-12-7-9-17(10-8-12)15(19)13-3-5-14(6-4-13)18(20)21;/h3-6,12,16H,2,7-11H2,1H3;1H. The average Bonchev–Trinajstić information content (AvgIpc) is 2.53. The number of nitro benzene ring substituents is 1. The quantitative estimate of drug-likeness (QED) is 0.666. The lowest BCUT2D eigenvalue weighted by Gasteiger charge is -2.32. The molecular weight excluding hydrogens is 306 g/mol. The minimum absolute atomic E-state index is 0. The van der Waals surface area contributed by atoms with Crippen LogP contribution in [-0.4, -0.2) is 41.9 Å². The lowest BCUT2D eigenvalue weighted by Crippen LogP contribution is -2.40. The number of nitro groups is 1. The number of nitrogens with zero attached hydrogens (tertiary/aromatic N) is 2. The van der Waals surface area contributed by atoms with E-state index < -0.39 is 4.92 Å². The molecule has 1 heterocycles. The first-order valence-electron chi connectivity index (χ1n) is 7.36. The number of nitrogens with one attached hydrogen (secondary N) is 1. The number of non-ortho nitro benzene ring substituents is 1. The smallest absolute Gasteiger partial charge is 0.269 e. The van der Waals surface area contributed by atoms with E-state index in [-0.39, 0.29) is 24.0 Å². The number of hydrogen-bond donors (Lipinski definition) is 1. The van der Waals surface area contributed by atoms with Crippen molar-refractivity contribution < 1.29 is 9.72 Å². The molecule has 1 amide bonds. The van der Waals surface area contributed by atoms with Crippen LogP contribution in [0.4, 0.5) is 5.69 Å². The first kappa shape index (κ1) is 18.4. The zero-order valence-electron chi connectivity index (χ0n) is 12.7. The minimum atomic E-state index is -0.458. The Labute approximate surface area is 136 Å². The number of rotatable bonds is 5. The molecule has 2 rings (SSSR count). The Hall–Kier alpha value is -1.66. The molecule has 0 radical (unpaired) electrons. The molecule has 0 atom stereocenters. The van der Waals surface area contributed by atoms with Gasteiger partial charge in [0.2, 0.25) is 0 Å². The van der Waals surface area contributed by atoms with Crippen molar-refractivity contribution in [3.8, 4) is 0 Å². The van der Waals surface area contributed by atoms with Crippen molar-refractivity contribution in [1.82, 2.24) is 10.2 Å². The van der Waals surface area contributed by atoms with Crippen molar-refractivity contribution in [2.75, 3.05) is 26.2 Å². The highest BCUT2D eigenvalue weighted by atomic mass is 35.5. The van der Waals surface area contributed by atoms with Gasteiger partial charge in [-0.25, -0.2) is 0 Å². The van der Waals surface area contributed by atoms with Gasteiger partial charge in [-0.05, 0) is 44.0 Å². The highest BCUT2D eigenvalue weighted by Gasteiger charge is 2.23. The van der Waals surface area contributed by atoms with E-state index in [2.05, 4.69) is 12.2 Å². The predicted molar refractivity (Wildman–Crippen MR) is 87.5 cm³/mol. The summed E-state index contributed by atoms with van der Waals surface area (Å²) in [4.78, 5) is 24.3. The van der Waals surface area contributed by atoms with E-state index in [1.54, 1.807) is 0 Å². The van der Waals surface area contributed by atoms with Crippen molar-refractivity contribution in [1.29, 1.82) is 0 Å². The van der Waals surface area contributed by atoms with Gasteiger partial charge >= 0.3 is 0 Å². The second kappa shape index (κ2) is 8.70. The molecular formula is C15H22ClN3O3. The molecule has 1 N–H and O–H groups in total. The highest BCUT2D eigenvalue weighted by Crippen LogP contribution is 2.19. The van der Waals surface area contributed by atoms with Crippen molar-refractivity contribution >= 4 is 24.0 Å². The minimum Gasteiger partial charge on any atom is -0.339 e. The zero-order chi connectivity index (χ0) is 15.2. The normalized spacial score (nSPS) is 15.2. The molecule has 0 spiro atoms. The van der Waals surface area contributed by atoms with E-state index in [0.29, 0.717) is 11.5 Å². The molecule has 0 aliphatic carbocycles. The Morgan fingerprint density at radius 2 is 1.91 bits per heavy atom. The molecule has 7 heteroatoms. The van der Waals surface area contributed by atoms with Gasteiger partial charge in [0.1, 0.15) is 0 Å². The van der Waals surface area contributed by atoms with Crippen LogP contribution in [0.25, 0.3) is 0 Å². The molecule has 1 aromatic rings. The second-order valence-corrected chi connectivity index (χ2v) is 5.35. The van der Waals surface area contributed by atoms with E-state index in [4.69, 9.17) is 0 Å². The number of halogens is 1. The number of benzene rings is 1. The van der Waals surface area contributed by atoms with Crippen LogP contribution in [0, 0.1) is 16.0 Å². The number of likely N-dealkylation sites (tertiary alicyclic amines) is 1. The molecule has 0 aromatic heterocycles. The molecule has 1 aliphatic heterocycles. The van der Waals surface area contributed by atoms with E-state index >= 15 is 0 Å². The monoisotopic (exact) mass is 327 g/mol.